The number of likely N-dealkylation sites (N-methyl/N-ethyl adjacent to an activating group) is 1. The molecule has 0 atom stereocenters. The summed E-state index contributed by atoms with van der Waals surface area (Å²) in [5, 5.41) is 12.5. The molecule has 8 nitrogen and oxygen atoms in total. The van der Waals surface area contributed by atoms with Crippen molar-refractivity contribution in [1.82, 2.24) is 9.88 Å². The van der Waals surface area contributed by atoms with Crippen molar-refractivity contribution in [3.8, 4) is 0 Å². The topological polar surface area (TPSA) is 82.8 Å². The van der Waals surface area contributed by atoms with E-state index in [1.54, 1.807) is 17.0 Å². The minimum atomic E-state index is -0.379. The van der Waals surface area contributed by atoms with Gasteiger partial charge in [-0.05, 0) is 62.7 Å². The van der Waals surface area contributed by atoms with Crippen LogP contribution in [0.2, 0.25) is 0 Å². The van der Waals surface area contributed by atoms with Crippen LogP contribution in [0.25, 0.3) is 10.2 Å². The molecule has 2 aromatic carbocycles. The van der Waals surface area contributed by atoms with Crippen molar-refractivity contribution in [3.63, 3.8) is 0 Å². The maximum absolute atomic E-state index is 13.8. The van der Waals surface area contributed by atoms with Gasteiger partial charge in [0.2, 0.25) is 0 Å². The Morgan fingerprint density at radius 3 is 2.54 bits per heavy atom. The molecule has 1 aromatic heterocycles. The van der Waals surface area contributed by atoms with Gasteiger partial charge in [-0.25, -0.2) is 4.98 Å². The van der Waals surface area contributed by atoms with Crippen molar-refractivity contribution >= 4 is 59.9 Å². The molecule has 4 rings (SSSR count). The van der Waals surface area contributed by atoms with Gasteiger partial charge in [-0.15, -0.1) is 0 Å². The standard InChI is InChI=1S/C25H30BrN5O3S/c1-3-28(4-2)14-15-30(25-27-20-10-9-19(26)17-23(20)35-25)24(32)18-8-11-21(22(16-18)31(33)34)29-12-6-5-7-13-29/h8-11,16-17H,3-7,12-15H2,1-2H3. The minimum absolute atomic E-state index is 0.0188. The normalized spacial score (nSPS) is 14.0. The third kappa shape index (κ3) is 5.82. The summed E-state index contributed by atoms with van der Waals surface area (Å²) >= 11 is 4.95. The second kappa shape index (κ2) is 11.5. The van der Waals surface area contributed by atoms with Crippen LogP contribution < -0.4 is 9.80 Å². The summed E-state index contributed by atoms with van der Waals surface area (Å²) in [7, 11) is 0. The van der Waals surface area contributed by atoms with E-state index in [0.717, 1.165) is 60.1 Å². The Kier molecular flexibility index (Phi) is 8.35. The summed E-state index contributed by atoms with van der Waals surface area (Å²) in [6.07, 6.45) is 3.18. The van der Waals surface area contributed by atoms with Gasteiger partial charge in [0.1, 0.15) is 5.69 Å². The van der Waals surface area contributed by atoms with E-state index in [1.807, 2.05) is 18.2 Å². The molecule has 0 saturated carbocycles. The highest BCUT2D eigenvalue weighted by Gasteiger charge is 2.27. The van der Waals surface area contributed by atoms with Crippen LogP contribution >= 0.6 is 27.3 Å². The van der Waals surface area contributed by atoms with E-state index in [1.165, 1.54) is 17.4 Å². The number of nitro benzene ring substituents is 1. The van der Waals surface area contributed by atoms with Gasteiger partial charge in [0.15, 0.2) is 5.13 Å². The van der Waals surface area contributed by atoms with Crippen molar-refractivity contribution in [2.75, 3.05) is 49.1 Å². The molecule has 0 unspecified atom stereocenters. The third-order valence-corrected chi connectivity index (χ3v) is 8.00. The Balaban J connectivity index is 1.69. The lowest BCUT2D eigenvalue weighted by molar-refractivity contribution is -0.384. The molecule has 0 N–H and O–H groups in total. The molecular weight excluding hydrogens is 530 g/mol. The van der Waals surface area contributed by atoms with Gasteiger partial charge >= 0.3 is 0 Å². The molecule has 35 heavy (non-hydrogen) atoms. The predicted molar refractivity (Wildman–Crippen MR) is 146 cm³/mol. The van der Waals surface area contributed by atoms with Crippen LogP contribution in [0.4, 0.5) is 16.5 Å². The van der Waals surface area contributed by atoms with Gasteiger partial charge in [0.25, 0.3) is 11.6 Å². The first-order chi connectivity index (χ1) is 16.9. The zero-order valence-corrected chi connectivity index (χ0v) is 22.5. The zero-order chi connectivity index (χ0) is 24.9. The van der Waals surface area contributed by atoms with Crippen molar-refractivity contribution in [1.29, 1.82) is 0 Å². The fourth-order valence-electron chi connectivity index (χ4n) is 4.43. The van der Waals surface area contributed by atoms with Crippen molar-refractivity contribution < 1.29 is 9.72 Å². The third-order valence-electron chi connectivity index (χ3n) is 6.47. The largest absolute Gasteiger partial charge is 0.366 e. The van der Waals surface area contributed by atoms with E-state index in [9.17, 15) is 14.9 Å². The number of aromatic nitrogens is 1. The molecule has 2 heterocycles. The van der Waals surface area contributed by atoms with E-state index in [-0.39, 0.29) is 16.5 Å². The first-order valence-corrected chi connectivity index (χ1v) is 13.7. The van der Waals surface area contributed by atoms with Crippen LogP contribution in [-0.2, 0) is 0 Å². The number of benzene rings is 2. The number of nitro groups is 1. The first kappa shape index (κ1) is 25.5. The molecule has 10 heteroatoms. The van der Waals surface area contributed by atoms with E-state index in [4.69, 9.17) is 4.98 Å². The summed E-state index contributed by atoms with van der Waals surface area (Å²) in [5.74, 6) is -0.274. The fourth-order valence-corrected chi connectivity index (χ4v) is 5.97. The summed E-state index contributed by atoms with van der Waals surface area (Å²) in [6, 6.07) is 10.7. The van der Waals surface area contributed by atoms with Crippen LogP contribution in [-0.4, -0.2) is 60.0 Å². The Labute approximate surface area is 217 Å². The van der Waals surface area contributed by atoms with Crippen molar-refractivity contribution in [2.45, 2.75) is 33.1 Å². The Hall–Kier alpha value is -2.56. The van der Waals surface area contributed by atoms with Gasteiger partial charge in [0.05, 0.1) is 15.1 Å². The summed E-state index contributed by atoms with van der Waals surface area (Å²) in [5.41, 5.74) is 1.69. The van der Waals surface area contributed by atoms with Crippen LogP contribution in [0.3, 0.4) is 0 Å². The second-order valence-electron chi connectivity index (χ2n) is 8.60. The number of fused-ring (bicyclic) bond motifs is 1. The lowest BCUT2D eigenvalue weighted by atomic mass is 10.1. The first-order valence-electron chi connectivity index (χ1n) is 12.0. The van der Waals surface area contributed by atoms with Crippen LogP contribution in [0.5, 0.6) is 0 Å². The fraction of sp³-hybridized carbons (Fsp3) is 0.440. The monoisotopic (exact) mass is 559 g/mol. The molecule has 0 radical (unpaired) electrons. The maximum Gasteiger partial charge on any atom is 0.293 e. The highest BCUT2D eigenvalue weighted by molar-refractivity contribution is 9.10. The molecule has 3 aromatic rings. The molecule has 1 aliphatic heterocycles. The number of piperidine rings is 1. The molecule has 1 fully saturated rings. The van der Waals surface area contributed by atoms with E-state index in [2.05, 4.69) is 39.6 Å². The summed E-state index contributed by atoms with van der Waals surface area (Å²) < 4.78 is 1.92. The minimum Gasteiger partial charge on any atom is -0.366 e. The lowest BCUT2D eigenvalue weighted by Crippen LogP contribution is -2.39. The van der Waals surface area contributed by atoms with Crippen LogP contribution in [0, 0.1) is 10.1 Å². The average molecular weight is 561 g/mol. The number of amides is 1. The van der Waals surface area contributed by atoms with Gasteiger partial charge in [-0.3, -0.25) is 19.8 Å². The van der Waals surface area contributed by atoms with E-state index < -0.39 is 0 Å². The second-order valence-corrected chi connectivity index (χ2v) is 10.5. The molecule has 1 amide bonds. The molecule has 1 aliphatic rings. The number of nitrogens with zero attached hydrogens (tertiary/aromatic N) is 5. The number of halogens is 1. The molecular formula is C25H30BrN5O3S. The molecule has 0 spiro atoms. The number of carbonyl (C=O) groups excluding carboxylic acids is 1. The van der Waals surface area contributed by atoms with Crippen molar-refractivity contribution in [3.05, 3.63) is 56.5 Å². The van der Waals surface area contributed by atoms with Gasteiger partial charge < -0.3 is 9.80 Å². The van der Waals surface area contributed by atoms with Gasteiger partial charge in [-0.2, -0.15) is 0 Å². The van der Waals surface area contributed by atoms with Crippen LogP contribution in [0.15, 0.2) is 40.9 Å². The number of thiazole rings is 1. The zero-order valence-electron chi connectivity index (χ0n) is 20.1. The summed E-state index contributed by atoms with van der Waals surface area (Å²) in [4.78, 5) is 36.0. The maximum atomic E-state index is 13.8. The quantitative estimate of drug-likeness (QED) is 0.238. The Morgan fingerprint density at radius 2 is 1.86 bits per heavy atom. The number of hydrogen-bond donors (Lipinski definition) is 0. The average Bonchev–Trinajstić information content (AvgIpc) is 3.29. The van der Waals surface area contributed by atoms with Gasteiger partial charge in [0, 0.05) is 42.3 Å². The molecule has 186 valence electrons. The van der Waals surface area contributed by atoms with E-state index >= 15 is 0 Å². The smallest absolute Gasteiger partial charge is 0.293 e. The van der Waals surface area contributed by atoms with Crippen LogP contribution in [0.1, 0.15) is 43.5 Å². The number of anilines is 2. The van der Waals surface area contributed by atoms with Crippen molar-refractivity contribution in [2.24, 2.45) is 0 Å². The predicted octanol–water partition coefficient (Wildman–Crippen LogP) is 5.95. The van der Waals surface area contributed by atoms with E-state index in [0.29, 0.717) is 29.5 Å². The lowest BCUT2D eigenvalue weighted by Gasteiger charge is -2.28. The SMILES string of the molecule is CCN(CC)CCN(C(=O)c1ccc(N2CCCCC2)c([N+](=O)[O-])c1)c1nc2ccc(Br)cc2s1. The molecule has 0 bridgehead atoms. The molecule has 0 aliphatic carbocycles. The Bertz CT molecular complexity index is 1210. The number of carbonyl (C=O) groups is 1. The highest BCUT2D eigenvalue weighted by Crippen LogP contribution is 2.34. The Morgan fingerprint density at radius 1 is 1.11 bits per heavy atom. The van der Waals surface area contributed by atoms with Gasteiger partial charge in [-0.1, -0.05) is 41.1 Å². The number of rotatable bonds is 9. The number of hydrogen-bond acceptors (Lipinski definition) is 7. The highest BCUT2D eigenvalue weighted by atomic mass is 79.9. The summed E-state index contributed by atoms with van der Waals surface area (Å²) in [6.45, 7) is 8.66. The molecule has 1 saturated heterocycles.